The van der Waals surface area contributed by atoms with Gasteiger partial charge in [-0.25, -0.2) is 0 Å². The first kappa shape index (κ1) is 20.0. The summed E-state index contributed by atoms with van der Waals surface area (Å²) in [5.74, 6) is 0.551. The highest BCUT2D eigenvalue weighted by atomic mass is 31.2. The molecule has 5 heteroatoms. The van der Waals surface area contributed by atoms with Crippen molar-refractivity contribution in [2.75, 3.05) is 12.8 Å². The molecular formula is C20H29O4P. The van der Waals surface area contributed by atoms with Crippen LogP contribution in [0.2, 0.25) is 0 Å². The second kappa shape index (κ2) is 10.6. The van der Waals surface area contributed by atoms with Crippen molar-refractivity contribution in [1.29, 1.82) is 0 Å². The highest BCUT2D eigenvalue weighted by Crippen LogP contribution is 2.48. The molecule has 0 spiro atoms. The fourth-order valence-corrected chi connectivity index (χ4v) is 3.55. The molecule has 2 aromatic carbocycles. The van der Waals surface area contributed by atoms with E-state index in [0.717, 1.165) is 23.6 Å². The summed E-state index contributed by atoms with van der Waals surface area (Å²) in [6.45, 7) is 4.43. The Labute approximate surface area is 150 Å². The van der Waals surface area contributed by atoms with E-state index in [-0.39, 0.29) is 6.16 Å². The van der Waals surface area contributed by atoms with Crippen LogP contribution in [0.25, 0.3) is 10.8 Å². The zero-order chi connectivity index (χ0) is 18.0. The topological polar surface area (TPSA) is 44.8 Å². The van der Waals surface area contributed by atoms with Crippen LogP contribution in [0.5, 0.6) is 5.75 Å². The van der Waals surface area contributed by atoms with Crippen molar-refractivity contribution in [3.05, 3.63) is 42.5 Å². The van der Waals surface area contributed by atoms with Crippen molar-refractivity contribution in [2.24, 2.45) is 0 Å². The minimum Gasteiger partial charge on any atom is -0.328 e. The van der Waals surface area contributed by atoms with Gasteiger partial charge in [-0.2, -0.15) is 0 Å². The van der Waals surface area contributed by atoms with Crippen LogP contribution in [0, 0.1) is 0 Å². The highest BCUT2D eigenvalue weighted by molar-refractivity contribution is 7.53. The maximum Gasteiger partial charge on any atom is 0.368 e. The predicted octanol–water partition coefficient (Wildman–Crippen LogP) is 6.74. The van der Waals surface area contributed by atoms with Crippen LogP contribution in [-0.2, 0) is 13.8 Å². The second-order valence-electron chi connectivity index (χ2n) is 6.16. The molecule has 0 saturated carbocycles. The number of unbranched alkanes of at least 4 members (excludes halogenated alkanes) is 5. The quantitative estimate of drug-likeness (QED) is 0.181. The zero-order valence-corrected chi connectivity index (χ0v) is 16.2. The Morgan fingerprint density at radius 3 is 2.40 bits per heavy atom. The molecule has 0 aliphatic carbocycles. The number of benzene rings is 2. The van der Waals surface area contributed by atoms with Crippen molar-refractivity contribution in [3.8, 4) is 5.75 Å². The van der Waals surface area contributed by atoms with Crippen LogP contribution in [0.3, 0.4) is 0 Å². The number of hydrogen-bond donors (Lipinski definition) is 0. The van der Waals surface area contributed by atoms with E-state index in [0.29, 0.717) is 12.4 Å². The van der Waals surface area contributed by atoms with E-state index < -0.39 is 7.60 Å². The van der Waals surface area contributed by atoms with E-state index in [9.17, 15) is 4.57 Å². The molecule has 0 saturated heterocycles. The fourth-order valence-electron chi connectivity index (χ4n) is 2.62. The minimum absolute atomic E-state index is 0.285. The van der Waals surface area contributed by atoms with Crippen molar-refractivity contribution in [3.63, 3.8) is 0 Å². The van der Waals surface area contributed by atoms with E-state index in [1.165, 1.54) is 25.7 Å². The van der Waals surface area contributed by atoms with Gasteiger partial charge in [0.05, 0.1) is 12.8 Å². The fraction of sp³-hybridized carbons (Fsp3) is 0.500. The van der Waals surface area contributed by atoms with Crippen molar-refractivity contribution in [2.45, 2.75) is 52.4 Å². The summed E-state index contributed by atoms with van der Waals surface area (Å²) in [6.07, 6.45) is 7.23. The molecule has 1 unspecified atom stereocenters. The zero-order valence-electron chi connectivity index (χ0n) is 15.3. The monoisotopic (exact) mass is 364 g/mol. The third kappa shape index (κ3) is 6.47. The summed E-state index contributed by atoms with van der Waals surface area (Å²) < 4.78 is 23.4. The van der Waals surface area contributed by atoms with Gasteiger partial charge in [-0.3, -0.25) is 4.57 Å². The van der Waals surface area contributed by atoms with Gasteiger partial charge in [0.1, 0.15) is 0 Å². The Morgan fingerprint density at radius 1 is 0.880 bits per heavy atom. The molecule has 0 aromatic heterocycles. The molecule has 2 aromatic rings. The SMILES string of the molecule is CCCCCCCCOP(=O)(CC)OOc1cccc2ccccc12. The van der Waals surface area contributed by atoms with Gasteiger partial charge >= 0.3 is 7.60 Å². The summed E-state index contributed by atoms with van der Waals surface area (Å²) in [5.41, 5.74) is 0. The average molecular weight is 364 g/mol. The van der Waals surface area contributed by atoms with Crippen LogP contribution >= 0.6 is 7.60 Å². The predicted molar refractivity (Wildman–Crippen MR) is 103 cm³/mol. The van der Waals surface area contributed by atoms with Crippen molar-refractivity contribution < 1.29 is 18.7 Å². The minimum atomic E-state index is -3.23. The molecule has 0 bridgehead atoms. The standard InChI is InChI=1S/C20H29O4P/c1-3-5-6-7-8-11-17-22-25(21,4-2)24-23-20-16-12-14-18-13-9-10-15-19(18)20/h9-10,12-16H,3-8,11,17H2,1-2H3. The van der Waals surface area contributed by atoms with Gasteiger partial charge in [0, 0.05) is 5.39 Å². The molecule has 0 amide bonds. The average Bonchev–Trinajstić information content (AvgIpc) is 2.65. The smallest absolute Gasteiger partial charge is 0.328 e. The largest absolute Gasteiger partial charge is 0.368 e. The molecule has 138 valence electrons. The van der Waals surface area contributed by atoms with Gasteiger partial charge in [0.15, 0.2) is 5.75 Å². The Bertz CT molecular complexity index is 681. The molecule has 2 rings (SSSR count). The van der Waals surface area contributed by atoms with Gasteiger partial charge in [0.25, 0.3) is 0 Å². The van der Waals surface area contributed by atoms with Gasteiger partial charge in [-0.15, -0.1) is 0 Å². The van der Waals surface area contributed by atoms with Crippen LogP contribution in [0.4, 0.5) is 0 Å². The Balaban J connectivity index is 1.83. The van der Waals surface area contributed by atoms with Gasteiger partial charge in [0.2, 0.25) is 0 Å². The van der Waals surface area contributed by atoms with Crippen molar-refractivity contribution in [1.82, 2.24) is 0 Å². The lowest BCUT2D eigenvalue weighted by Crippen LogP contribution is -2.03. The molecule has 0 heterocycles. The van der Waals surface area contributed by atoms with Crippen LogP contribution in [-0.4, -0.2) is 12.8 Å². The summed E-state index contributed by atoms with van der Waals surface area (Å²) >= 11 is 0. The molecule has 0 aliphatic heterocycles. The van der Waals surface area contributed by atoms with E-state index in [1.54, 1.807) is 13.0 Å². The summed E-state index contributed by atoms with van der Waals surface area (Å²) in [7, 11) is -3.23. The maximum atomic E-state index is 12.7. The second-order valence-corrected chi connectivity index (χ2v) is 8.42. The lowest BCUT2D eigenvalue weighted by atomic mass is 10.1. The van der Waals surface area contributed by atoms with E-state index in [2.05, 4.69) is 6.92 Å². The van der Waals surface area contributed by atoms with Gasteiger partial charge < -0.3 is 9.41 Å². The molecule has 0 N–H and O–H groups in total. The lowest BCUT2D eigenvalue weighted by Gasteiger charge is -2.16. The third-order valence-electron chi connectivity index (χ3n) is 4.16. The summed E-state index contributed by atoms with van der Waals surface area (Å²) in [4.78, 5) is 5.40. The van der Waals surface area contributed by atoms with E-state index in [4.69, 9.17) is 14.1 Å². The molecule has 4 nitrogen and oxygen atoms in total. The summed E-state index contributed by atoms with van der Waals surface area (Å²) in [6, 6.07) is 13.5. The number of fused-ring (bicyclic) bond motifs is 1. The van der Waals surface area contributed by atoms with Crippen LogP contribution in [0.15, 0.2) is 42.5 Å². The Hall–Kier alpha value is -1.35. The summed E-state index contributed by atoms with van der Waals surface area (Å²) in [5, 5.41) is 1.96. The Kier molecular flexibility index (Phi) is 8.47. The first-order chi connectivity index (χ1) is 12.2. The van der Waals surface area contributed by atoms with Gasteiger partial charge in [-0.1, -0.05) is 87.0 Å². The lowest BCUT2D eigenvalue weighted by molar-refractivity contribution is -0.111. The Morgan fingerprint density at radius 2 is 1.60 bits per heavy atom. The highest BCUT2D eigenvalue weighted by Gasteiger charge is 2.24. The number of hydrogen-bond acceptors (Lipinski definition) is 4. The van der Waals surface area contributed by atoms with Crippen LogP contribution < -0.4 is 4.89 Å². The third-order valence-corrected chi connectivity index (χ3v) is 5.82. The molecule has 0 aliphatic rings. The van der Waals surface area contributed by atoms with Crippen LogP contribution in [0.1, 0.15) is 52.4 Å². The van der Waals surface area contributed by atoms with E-state index in [1.807, 2.05) is 36.4 Å². The number of rotatable bonds is 12. The molecule has 1 atom stereocenters. The molecular weight excluding hydrogens is 335 g/mol. The molecule has 0 fully saturated rings. The van der Waals surface area contributed by atoms with Crippen molar-refractivity contribution >= 4 is 18.4 Å². The van der Waals surface area contributed by atoms with E-state index >= 15 is 0 Å². The molecule has 0 radical (unpaired) electrons. The normalized spacial score (nSPS) is 13.7. The first-order valence-electron chi connectivity index (χ1n) is 9.26. The first-order valence-corrected chi connectivity index (χ1v) is 11.0. The maximum absolute atomic E-state index is 12.7. The van der Waals surface area contributed by atoms with Gasteiger partial charge in [-0.05, 0) is 17.9 Å². The molecule has 25 heavy (non-hydrogen) atoms.